The van der Waals surface area contributed by atoms with Gasteiger partial charge >= 0.3 is 0 Å². The number of carbonyl (C=O) groups excluding carboxylic acids is 2. The number of nitrogens with one attached hydrogen (secondary N) is 2. The van der Waals surface area contributed by atoms with E-state index in [4.69, 9.17) is 17.3 Å². The van der Waals surface area contributed by atoms with Gasteiger partial charge in [-0.25, -0.2) is 0 Å². The molecule has 3 N–H and O–H groups in total. The first-order valence-electron chi connectivity index (χ1n) is 6.31. The number of benzene rings is 1. The standard InChI is InChI=1S/C14H15N3O3S/c1-17(6-7-18)10-4-2-9(3-5-10)8-11-12(19)15-14(21)16-13(11)20/h2-5,8,18H,6-7H2,1H3,(H2,15,16,19,20,21). The molecule has 2 amide bonds. The van der Waals surface area contributed by atoms with E-state index in [9.17, 15) is 9.59 Å². The van der Waals surface area contributed by atoms with E-state index in [1.165, 1.54) is 6.08 Å². The molecular formula is C14H15N3O3S. The Morgan fingerprint density at radius 2 is 1.76 bits per heavy atom. The highest BCUT2D eigenvalue weighted by molar-refractivity contribution is 7.80. The van der Waals surface area contributed by atoms with Crippen LogP contribution in [0.25, 0.3) is 6.08 Å². The van der Waals surface area contributed by atoms with Crippen molar-refractivity contribution in [1.82, 2.24) is 10.6 Å². The molecule has 21 heavy (non-hydrogen) atoms. The van der Waals surface area contributed by atoms with E-state index in [0.717, 1.165) is 11.3 Å². The van der Waals surface area contributed by atoms with E-state index in [2.05, 4.69) is 10.6 Å². The van der Waals surface area contributed by atoms with E-state index in [0.29, 0.717) is 6.54 Å². The summed E-state index contributed by atoms with van der Waals surface area (Å²) in [7, 11) is 1.87. The minimum absolute atomic E-state index is 0.0139. The molecule has 1 fully saturated rings. The third kappa shape index (κ3) is 3.65. The smallest absolute Gasteiger partial charge is 0.263 e. The Hall–Kier alpha value is -2.25. The van der Waals surface area contributed by atoms with Crippen LogP contribution in [0.1, 0.15) is 5.56 Å². The number of thiocarbonyl (C=S) groups is 1. The molecule has 1 heterocycles. The number of aliphatic hydroxyl groups is 1. The van der Waals surface area contributed by atoms with Gasteiger partial charge in [-0.2, -0.15) is 0 Å². The van der Waals surface area contributed by atoms with Crippen LogP contribution in [0.5, 0.6) is 0 Å². The Morgan fingerprint density at radius 1 is 1.19 bits per heavy atom. The van der Waals surface area contributed by atoms with Crippen molar-refractivity contribution in [2.75, 3.05) is 25.1 Å². The highest BCUT2D eigenvalue weighted by Gasteiger charge is 2.25. The van der Waals surface area contributed by atoms with E-state index in [-0.39, 0.29) is 17.3 Å². The van der Waals surface area contributed by atoms with Crippen LogP contribution in [0, 0.1) is 0 Å². The molecule has 6 nitrogen and oxygen atoms in total. The number of hydrogen-bond donors (Lipinski definition) is 3. The first-order chi connectivity index (χ1) is 10.0. The lowest BCUT2D eigenvalue weighted by Crippen LogP contribution is -2.51. The lowest BCUT2D eigenvalue weighted by molar-refractivity contribution is -0.123. The Labute approximate surface area is 127 Å². The van der Waals surface area contributed by atoms with Gasteiger partial charge in [0.1, 0.15) is 5.57 Å². The van der Waals surface area contributed by atoms with Crippen molar-refractivity contribution in [2.45, 2.75) is 0 Å². The van der Waals surface area contributed by atoms with Crippen LogP contribution in [0.15, 0.2) is 29.8 Å². The lowest BCUT2D eigenvalue weighted by atomic mass is 10.1. The number of nitrogens with zero attached hydrogens (tertiary/aromatic N) is 1. The minimum Gasteiger partial charge on any atom is -0.395 e. The lowest BCUT2D eigenvalue weighted by Gasteiger charge is -2.18. The molecule has 0 spiro atoms. The van der Waals surface area contributed by atoms with Crippen LogP contribution in [0.3, 0.4) is 0 Å². The van der Waals surface area contributed by atoms with Crippen LogP contribution in [-0.4, -0.2) is 42.2 Å². The summed E-state index contributed by atoms with van der Waals surface area (Å²) in [5, 5.41) is 13.7. The fourth-order valence-corrected chi connectivity index (χ4v) is 2.06. The highest BCUT2D eigenvalue weighted by atomic mass is 32.1. The van der Waals surface area contributed by atoms with E-state index in [1.54, 1.807) is 12.1 Å². The molecule has 1 aliphatic heterocycles. The Balaban J connectivity index is 2.19. The highest BCUT2D eigenvalue weighted by Crippen LogP contribution is 2.16. The van der Waals surface area contributed by atoms with Gasteiger partial charge in [0.2, 0.25) is 0 Å². The molecule has 0 saturated carbocycles. The zero-order chi connectivity index (χ0) is 15.4. The maximum absolute atomic E-state index is 11.7. The van der Waals surface area contributed by atoms with Crippen LogP contribution < -0.4 is 15.5 Å². The largest absolute Gasteiger partial charge is 0.395 e. The van der Waals surface area contributed by atoms with Gasteiger partial charge < -0.3 is 10.0 Å². The van der Waals surface area contributed by atoms with Gasteiger partial charge in [-0.1, -0.05) is 12.1 Å². The number of amides is 2. The second-order valence-electron chi connectivity index (χ2n) is 4.53. The topological polar surface area (TPSA) is 81.7 Å². The maximum Gasteiger partial charge on any atom is 0.263 e. The predicted molar refractivity (Wildman–Crippen MR) is 83.7 cm³/mol. The summed E-state index contributed by atoms with van der Waals surface area (Å²) in [5.74, 6) is -1.02. The molecule has 1 aromatic carbocycles. The first-order valence-corrected chi connectivity index (χ1v) is 6.72. The third-order valence-corrected chi connectivity index (χ3v) is 3.23. The van der Waals surface area contributed by atoms with Crippen LogP contribution in [0.4, 0.5) is 5.69 Å². The van der Waals surface area contributed by atoms with Gasteiger partial charge in [-0.05, 0) is 36.0 Å². The molecule has 1 aromatic rings. The van der Waals surface area contributed by atoms with Crippen LogP contribution >= 0.6 is 12.2 Å². The molecule has 0 unspecified atom stereocenters. The van der Waals surface area contributed by atoms with Crippen molar-refractivity contribution in [2.24, 2.45) is 0 Å². The third-order valence-electron chi connectivity index (χ3n) is 3.02. The fraction of sp³-hybridized carbons (Fsp3) is 0.214. The fourth-order valence-electron chi connectivity index (χ4n) is 1.88. The molecule has 7 heteroatoms. The number of hydrogen-bond acceptors (Lipinski definition) is 5. The average molecular weight is 305 g/mol. The molecule has 0 radical (unpaired) electrons. The summed E-state index contributed by atoms with van der Waals surface area (Å²) in [6, 6.07) is 7.30. The SMILES string of the molecule is CN(CCO)c1ccc(C=C2C(=O)NC(=S)NC2=O)cc1. The number of aliphatic hydroxyl groups excluding tert-OH is 1. The van der Waals surface area contributed by atoms with Gasteiger partial charge in [0.15, 0.2) is 5.11 Å². The molecular weight excluding hydrogens is 290 g/mol. The Morgan fingerprint density at radius 3 is 2.29 bits per heavy atom. The average Bonchev–Trinajstić information content (AvgIpc) is 2.43. The van der Waals surface area contributed by atoms with Crippen LogP contribution in [-0.2, 0) is 9.59 Å². The molecule has 1 saturated heterocycles. The van der Waals surface area contributed by atoms with Crippen molar-refractivity contribution < 1.29 is 14.7 Å². The molecule has 0 aromatic heterocycles. The van der Waals surface area contributed by atoms with Gasteiger partial charge in [0.25, 0.3) is 11.8 Å². The molecule has 2 rings (SSSR count). The number of rotatable bonds is 4. The summed E-state index contributed by atoms with van der Waals surface area (Å²) in [6.45, 7) is 0.602. The molecule has 0 aliphatic carbocycles. The van der Waals surface area contributed by atoms with Gasteiger partial charge in [0, 0.05) is 19.3 Å². The van der Waals surface area contributed by atoms with Crippen molar-refractivity contribution in [3.63, 3.8) is 0 Å². The van der Waals surface area contributed by atoms with E-state index >= 15 is 0 Å². The van der Waals surface area contributed by atoms with Crippen LogP contribution in [0.2, 0.25) is 0 Å². The number of likely N-dealkylation sites (N-methyl/N-ethyl adjacent to an activating group) is 1. The first kappa shape index (κ1) is 15.1. The van der Waals surface area contributed by atoms with Crippen molar-refractivity contribution in [3.05, 3.63) is 35.4 Å². The summed E-state index contributed by atoms with van der Waals surface area (Å²) < 4.78 is 0. The van der Waals surface area contributed by atoms with E-state index in [1.807, 2.05) is 24.1 Å². The monoisotopic (exact) mass is 305 g/mol. The zero-order valence-corrected chi connectivity index (χ0v) is 12.2. The van der Waals surface area contributed by atoms with E-state index < -0.39 is 11.8 Å². The van der Waals surface area contributed by atoms with Gasteiger partial charge in [0.05, 0.1) is 6.61 Å². The normalized spacial score (nSPS) is 14.6. The molecule has 0 bridgehead atoms. The van der Waals surface area contributed by atoms with Crippen molar-refractivity contribution in [1.29, 1.82) is 0 Å². The van der Waals surface area contributed by atoms with Crippen molar-refractivity contribution in [3.8, 4) is 0 Å². The summed E-state index contributed by atoms with van der Waals surface area (Å²) in [4.78, 5) is 25.3. The maximum atomic E-state index is 11.7. The second-order valence-corrected chi connectivity index (χ2v) is 4.94. The quantitative estimate of drug-likeness (QED) is 0.415. The minimum atomic E-state index is -0.509. The molecule has 110 valence electrons. The summed E-state index contributed by atoms with van der Waals surface area (Å²) >= 11 is 4.73. The Bertz CT molecular complexity index is 588. The summed E-state index contributed by atoms with van der Waals surface area (Å²) in [5.41, 5.74) is 1.68. The molecule has 1 aliphatic rings. The van der Waals surface area contributed by atoms with Gasteiger partial charge in [-0.3, -0.25) is 20.2 Å². The molecule has 0 atom stereocenters. The van der Waals surface area contributed by atoms with Gasteiger partial charge in [-0.15, -0.1) is 0 Å². The predicted octanol–water partition coefficient (Wildman–Crippen LogP) is 0.0294. The Kier molecular flexibility index (Phi) is 4.66. The second kappa shape index (κ2) is 6.47. The number of anilines is 1. The zero-order valence-electron chi connectivity index (χ0n) is 11.4. The van der Waals surface area contributed by atoms with Crippen molar-refractivity contribution >= 4 is 40.9 Å². The number of carbonyl (C=O) groups is 2. The summed E-state index contributed by atoms with van der Waals surface area (Å²) in [6.07, 6.45) is 1.50.